The molecule has 2 aliphatic heterocycles. The van der Waals surface area contributed by atoms with E-state index in [0.29, 0.717) is 31.9 Å². The molecule has 2 aliphatic rings. The summed E-state index contributed by atoms with van der Waals surface area (Å²) in [6.07, 6.45) is 0. The highest BCUT2D eigenvalue weighted by atomic mass is 19.1. The number of morpholine rings is 1. The molecule has 1 unspecified atom stereocenters. The molecule has 3 rings (SSSR count). The number of carbonyl (C=O) groups excluding carboxylic acids is 2. The first-order valence-corrected chi connectivity index (χ1v) is 8.29. The molecule has 0 spiro atoms. The number of carbonyl (C=O) groups is 2. The van der Waals surface area contributed by atoms with Crippen molar-refractivity contribution in [3.63, 3.8) is 0 Å². The second kappa shape index (κ2) is 7.33. The highest BCUT2D eigenvalue weighted by molar-refractivity contribution is 6.08. The third kappa shape index (κ3) is 3.57. The maximum absolute atomic E-state index is 13.2. The van der Waals surface area contributed by atoms with Crippen LogP contribution in [0, 0.1) is 5.82 Å². The van der Waals surface area contributed by atoms with Gasteiger partial charge in [-0.3, -0.25) is 14.5 Å². The lowest BCUT2D eigenvalue weighted by Crippen LogP contribution is -2.43. The maximum Gasteiger partial charge on any atom is 0.290 e. The highest BCUT2D eigenvalue weighted by Gasteiger charge is 2.42. The molecule has 1 amide bonds. The fourth-order valence-electron chi connectivity index (χ4n) is 3.31. The topological polar surface area (TPSA) is 70.1 Å². The minimum absolute atomic E-state index is 0.0681. The third-order valence-electron chi connectivity index (χ3n) is 4.63. The van der Waals surface area contributed by atoms with E-state index in [1.54, 1.807) is 0 Å². The quantitative estimate of drug-likeness (QED) is 0.872. The molecule has 1 aromatic carbocycles. The van der Waals surface area contributed by atoms with Crippen LogP contribution in [-0.2, 0) is 14.3 Å². The van der Waals surface area contributed by atoms with Crippen molar-refractivity contribution in [3.8, 4) is 0 Å². The summed E-state index contributed by atoms with van der Waals surface area (Å²) in [4.78, 5) is 28.1. The lowest BCUT2D eigenvalue weighted by atomic mass is 9.97. The van der Waals surface area contributed by atoms with Gasteiger partial charge >= 0.3 is 0 Å². The Morgan fingerprint density at radius 3 is 2.48 bits per heavy atom. The number of hydrogen-bond donors (Lipinski definition) is 1. The lowest BCUT2D eigenvalue weighted by molar-refractivity contribution is -0.129. The van der Waals surface area contributed by atoms with Crippen LogP contribution in [0.2, 0.25) is 0 Å². The second-order valence-electron chi connectivity index (χ2n) is 6.23. The van der Waals surface area contributed by atoms with E-state index in [1.807, 2.05) is 0 Å². The summed E-state index contributed by atoms with van der Waals surface area (Å²) >= 11 is 0. The van der Waals surface area contributed by atoms with Crippen LogP contribution in [0.25, 0.3) is 0 Å². The molecule has 1 N–H and O–H groups in total. The van der Waals surface area contributed by atoms with E-state index < -0.39 is 23.5 Å². The highest BCUT2D eigenvalue weighted by Crippen LogP contribution is 2.37. The molecule has 0 radical (unpaired) electrons. The molecule has 1 fully saturated rings. The minimum atomic E-state index is -0.688. The van der Waals surface area contributed by atoms with Gasteiger partial charge in [-0.1, -0.05) is 12.1 Å². The summed E-state index contributed by atoms with van der Waals surface area (Å²) in [5, 5.41) is 10.2. The number of amides is 1. The van der Waals surface area contributed by atoms with Crippen LogP contribution in [0.3, 0.4) is 0 Å². The van der Waals surface area contributed by atoms with Crippen molar-refractivity contribution in [2.75, 3.05) is 39.4 Å². The zero-order chi connectivity index (χ0) is 18.0. The Morgan fingerprint density at radius 1 is 1.24 bits per heavy atom. The van der Waals surface area contributed by atoms with E-state index in [9.17, 15) is 19.1 Å². The standard InChI is InChI=1S/C18H21FN2O4/c1-12(22)15-16(13-2-4-14(19)5-3-13)21(18(24)17(15)23)7-6-20-8-10-25-11-9-20/h2-5,16,23H,6-11H2,1H3. The van der Waals surface area contributed by atoms with Gasteiger partial charge in [0.2, 0.25) is 0 Å². The number of halogens is 1. The van der Waals surface area contributed by atoms with Crippen molar-refractivity contribution in [1.82, 2.24) is 9.80 Å². The third-order valence-corrected chi connectivity index (χ3v) is 4.63. The molecule has 25 heavy (non-hydrogen) atoms. The SMILES string of the molecule is CC(=O)C1=C(O)C(=O)N(CCN2CCOCC2)C1c1ccc(F)cc1. The Bertz CT molecular complexity index is 696. The van der Waals surface area contributed by atoms with Crippen LogP contribution < -0.4 is 0 Å². The number of nitrogens with zero attached hydrogens (tertiary/aromatic N) is 2. The van der Waals surface area contributed by atoms with Gasteiger partial charge in [0.25, 0.3) is 5.91 Å². The molecule has 2 heterocycles. The number of hydrogen-bond acceptors (Lipinski definition) is 5. The van der Waals surface area contributed by atoms with Gasteiger partial charge in [-0.25, -0.2) is 4.39 Å². The number of ketones is 1. The number of benzene rings is 1. The van der Waals surface area contributed by atoms with Crippen LogP contribution >= 0.6 is 0 Å². The van der Waals surface area contributed by atoms with E-state index in [-0.39, 0.29) is 11.4 Å². The number of aliphatic hydroxyl groups is 1. The molecule has 7 heteroatoms. The Hall–Kier alpha value is -2.25. The largest absolute Gasteiger partial charge is 0.503 e. The Balaban J connectivity index is 1.85. The number of rotatable bonds is 5. The van der Waals surface area contributed by atoms with Crippen molar-refractivity contribution < 1.29 is 23.8 Å². The van der Waals surface area contributed by atoms with E-state index in [1.165, 1.54) is 36.1 Å². The summed E-state index contributed by atoms with van der Waals surface area (Å²) in [5.74, 6) is -1.84. The Kier molecular flexibility index (Phi) is 5.15. The summed E-state index contributed by atoms with van der Waals surface area (Å²) in [7, 11) is 0. The van der Waals surface area contributed by atoms with Crippen LogP contribution in [0.5, 0.6) is 0 Å². The van der Waals surface area contributed by atoms with Gasteiger partial charge < -0.3 is 14.7 Å². The van der Waals surface area contributed by atoms with E-state index in [0.717, 1.165) is 13.1 Å². The predicted octanol–water partition coefficient (Wildman–Crippen LogP) is 1.44. The first-order chi connectivity index (χ1) is 12.0. The van der Waals surface area contributed by atoms with Gasteiger partial charge in [-0.05, 0) is 24.6 Å². The Labute approximate surface area is 145 Å². The maximum atomic E-state index is 13.2. The van der Waals surface area contributed by atoms with Crippen molar-refractivity contribution in [3.05, 3.63) is 47.0 Å². The van der Waals surface area contributed by atoms with E-state index >= 15 is 0 Å². The second-order valence-corrected chi connectivity index (χ2v) is 6.23. The summed E-state index contributed by atoms with van der Waals surface area (Å²) in [6, 6.07) is 4.96. The Morgan fingerprint density at radius 2 is 1.88 bits per heavy atom. The van der Waals surface area contributed by atoms with Gasteiger partial charge in [-0.2, -0.15) is 0 Å². The summed E-state index contributed by atoms with van der Waals surface area (Å²) in [6.45, 7) is 5.16. The van der Waals surface area contributed by atoms with Gasteiger partial charge in [0.15, 0.2) is 11.5 Å². The van der Waals surface area contributed by atoms with E-state index in [4.69, 9.17) is 4.74 Å². The summed E-state index contributed by atoms with van der Waals surface area (Å²) < 4.78 is 18.6. The van der Waals surface area contributed by atoms with E-state index in [2.05, 4.69) is 4.90 Å². The minimum Gasteiger partial charge on any atom is -0.503 e. The first-order valence-electron chi connectivity index (χ1n) is 8.29. The molecule has 0 bridgehead atoms. The zero-order valence-corrected chi connectivity index (χ0v) is 14.1. The van der Waals surface area contributed by atoms with Crippen LogP contribution in [0.15, 0.2) is 35.6 Å². The van der Waals surface area contributed by atoms with Gasteiger partial charge in [0, 0.05) is 26.2 Å². The predicted molar refractivity (Wildman–Crippen MR) is 88.4 cm³/mol. The first kappa shape index (κ1) is 17.6. The zero-order valence-electron chi connectivity index (χ0n) is 14.1. The van der Waals surface area contributed by atoms with Crippen molar-refractivity contribution in [1.29, 1.82) is 0 Å². The molecule has 0 saturated carbocycles. The van der Waals surface area contributed by atoms with Gasteiger partial charge in [0.05, 0.1) is 24.8 Å². The van der Waals surface area contributed by atoms with Crippen molar-refractivity contribution in [2.24, 2.45) is 0 Å². The molecule has 1 atom stereocenters. The van der Waals surface area contributed by atoms with Gasteiger partial charge in [-0.15, -0.1) is 0 Å². The fraction of sp³-hybridized carbons (Fsp3) is 0.444. The monoisotopic (exact) mass is 348 g/mol. The molecular formula is C18H21FN2O4. The lowest BCUT2D eigenvalue weighted by Gasteiger charge is -2.31. The normalized spacial score (nSPS) is 21.9. The molecular weight excluding hydrogens is 327 g/mol. The van der Waals surface area contributed by atoms with Crippen LogP contribution in [-0.4, -0.2) is 66.0 Å². The van der Waals surface area contributed by atoms with Crippen molar-refractivity contribution in [2.45, 2.75) is 13.0 Å². The molecule has 1 aromatic rings. The fourth-order valence-corrected chi connectivity index (χ4v) is 3.31. The molecule has 6 nitrogen and oxygen atoms in total. The molecule has 0 aliphatic carbocycles. The number of Topliss-reactive ketones (excluding diaryl/α,β-unsaturated/α-hetero) is 1. The smallest absolute Gasteiger partial charge is 0.290 e. The van der Waals surface area contributed by atoms with Gasteiger partial charge in [0.1, 0.15) is 5.82 Å². The molecule has 1 saturated heterocycles. The van der Waals surface area contributed by atoms with Crippen LogP contribution in [0.4, 0.5) is 4.39 Å². The number of ether oxygens (including phenoxy) is 1. The average Bonchev–Trinajstić information content (AvgIpc) is 2.86. The molecule has 134 valence electrons. The van der Waals surface area contributed by atoms with Crippen molar-refractivity contribution >= 4 is 11.7 Å². The van der Waals surface area contributed by atoms with Crippen LogP contribution in [0.1, 0.15) is 18.5 Å². The summed E-state index contributed by atoms with van der Waals surface area (Å²) in [5.41, 5.74) is 0.671. The average molecular weight is 348 g/mol. The number of aliphatic hydroxyl groups excluding tert-OH is 1. The molecule has 0 aromatic heterocycles.